The minimum atomic E-state index is -0.929. The van der Waals surface area contributed by atoms with Crippen molar-refractivity contribution in [2.75, 3.05) is 5.32 Å². The second kappa shape index (κ2) is 7.13. The Balaban J connectivity index is 1.35. The molecular formula is C20H25BrN2O4S. The third-order valence-corrected chi connectivity index (χ3v) is 8.23. The van der Waals surface area contributed by atoms with Crippen molar-refractivity contribution in [1.82, 2.24) is 0 Å². The van der Waals surface area contributed by atoms with E-state index in [0.29, 0.717) is 23.3 Å². The van der Waals surface area contributed by atoms with Gasteiger partial charge in [0.1, 0.15) is 5.00 Å². The van der Waals surface area contributed by atoms with Gasteiger partial charge in [-0.2, -0.15) is 0 Å². The summed E-state index contributed by atoms with van der Waals surface area (Å²) in [6.07, 6.45) is 6.34. The molecule has 0 spiro atoms. The standard InChI is InChI=1S/C20H25BrN2O4S/c1-11(17(26)23-18-14(16(22)25)2-3-28-18)27-15(24)9-19-5-12-4-13(6-19)8-20(21,7-12)10-19/h2-3,11-13H,4-10H2,1H3,(H2,22,25)(H,23,26). The topological polar surface area (TPSA) is 98.5 Å². The number of nitrogens with two attached hydrogens (primary N) is 1. The molecule has 152 valence electrons. The smallest absolute Gasteiger partial charge is 0.307 e. The molecule has 0 saturated heterocycles. The summed E-state index contributed by atoms with van der Waals surface area (Å²) in [6.45, 7) is 1.55. The second-order valence-corrected chi connectivity index (χ2v) is 11.5. The number of anilines is 1. The lowest BCUT2D eigenvalue weighted by atomic mass is 9.49. The number of carbonyl (C=O) groups excluding carboxylic acids is 3. The first-order valence-corrected chi connectivity index (χ1v) is 11.4. The number of halogens is 1. The normalized spacial score (nSPS) is 34.1. The van der Waals surface area contributed by atoms with Gasteiger partial charge in [-0.05, 0) is 74.1 Å². The van der Waals surface area contributed by atoms with Crippen molar-refractivity contribution in [3.05, 3.63) is 17.0 Å². The molecule has 5 rings (SSSR count). The highest BCUT2D eigenvalue weighted by Gasteiger charge is 2.57. The molecule has 0 aliphatic heterocycles. The maximum absolute atomic E-state index is 12.6. The van der Waals surface area contributed by atoms with Crippen molar-refractivity contribution in [3.63, 3.8) is 0 Å². The van der Waals surface area contributed by atoms with Gasteiger partial charge in [0, 0.05) is 4.32 Å². The van der Waals surface area contributed by atoms with Gasteiger partial charge in [-0.15, -0.1) is 11.3 Å². The van der Waals surface area contributed by atoms with E-state index >= 15 is 0 Å². The molecule has 4 aliphatic carbocycles. The fourth-order valence-electron chi connectivity index (χ4n) is 5.95. The molecule has 3 unspecified atom stereocenters. The Morgan fingerprint density at radius 2 is 2.00 bits per heavy atom. The Bertz CT molecular complexity index is 809. The minimum Gasteiger partial charge on any atom is -0.453 e. The Labute approximate surface area is 176 Å². The zero-order chi connectivity index (χ0) is 20.1. The summed E-state index contributed by atoms with van der Waals surface area (Å²) in [7, 11) is 0. The van der Waals surface area contributed by atoms with Crippen molar-refractivity contribution in [2.45, 2.75) is 62.3 Å². The van der Waals surface area contributed by atoms with Gasteiger partial charge < -0.3 is 15.8 Å². The summed E-state index contributed by atoms with van der Waals surface area (Å²) in [4.78, 5) is 36.4. The van der Waals surface area contributed by atoms with Crippen molar-refractivity contribution in [2.24, 2.45) is 23.0 Å². The number of thiophene rings is 1. The lowest BCUT2D eigenvalue weighted by Crippen LogP contribution is -2.53. The van der Waals surface area contributed by atoms with E-state index in [1.807, 2.05) is 0 Å². The number of amides is 2. The number of alkyl halides is 1. The van der Waals surface area contributed by atoms with Crippen LogP contribution < -0.4 is 11.1 Å². The fourth-order valence-corrected chi connectivity index (χ4v) is 8.26. The van der Waals surface area contributed by atoms with E-state index in [4.69, 9.17) is 10.5 Å². The minimum absolute atomic E-state index is 0.00769. The van der Waals surface area contributed by atoms with Crippen LogP contribution in [0.4, 0.5) is 5.00 Å². The van der Waals surface area contributed by atoms with Crippen LogP contribution in [-0.2, 0) is 14.3 Å². The average molecular weight is 469 g/mol. The second-order valence-electron chi connectivity index (χ2n) is 8.94. The number of hydrogen-bond donors (Lipinski definition) is 2. The fraction of sp³-hybridized carbons (Fsp3) is 0.650. The van der Waals surface area contributed by atoms with E-state index in [0.717, 1.165) is 19.3 Å². The van der Waals surface area contributed by atoms with Crippen LogP contribution in [0, 0.1) is 17.3 Å². The van der Waals surface area contributed by atoms with Crippen LogP contribution in [0.25, 0.3) is 0 Å². The van der Waals surface area contributed by atoms with Gasteiger partial charge in [-0.1, -0.05) is 15.9 Å². The molecular weight excluding hydrogens is 444 g/mol. The van der Waals surface area contributed by atoms with Gasteiger partial charge in [0.2, 0.25) is 0 Å². The van der Waals surface area contributed by atoms with Gasteiger partial charge >= 0.3 is 5.97 Å². The molecule has 6 nitrogen and oxygen atoms in total. The number of hydrogen-bond acceptors (Lipinski definition) is 5. The van der Waals surface area contributed by atoms with Crippen LogP contribution in [-0.4, -0.2) is 28.2 Å². The maximum Gasteiger partial charge on any atom is 0.307 e. The summed E-state index contributed by atoms with van der Waals surface area (Å²) in [6, 6.07) is 1.56. The number of nitrogens with one attached hydrogen (secondary N) is 1. The first-order chi connectivity index (χ1) is 13.2. The van der Waals surface area contributed by atoms with Gasteiger partial charge in [-0.3, -0.25) is 14.4 Å². The summed E-state index contributed by atoms with van der Waals surface area (Å²) in [5.74, 6) is 0.00915. The molecule has 28 heavy (non-hydrogen) atoms. The first-order valence-electron chi connectivity index (χ1n) is 9.74. The number of carbonyl (C=O) groups is 3. The SMILES string of the molecule is CC(OC(=O)CC12CC3CC(CC(Br)(C3)C1)C2)C(=O)Nc1sccc1C(N)=O. The summed E-state index contributed by atoms with van der Waals surface area (Å²) in [5, 5.41) is 4.69. The molecule has 0 radical (unpaired) electrons. The van der Waals surface area contributed by atoms with E-state index in [2.05, 4.69) is 21.2 Å². The van der Waals surface area contributed by atoms with E-state index in [-0.39, 0.29) is 21.3 Å². The number of primary amides is 1. The number of ether oxygens (including phenoxy) is 1. The van der Waals surface area contributed by atoms with Crippen LogP contribution >= 0.6 is 27.3 Å². The van der Waals surface area contributed by atoms with Gasteiger partial charge in [0.05, 0.1) is 12.0 Å². The lowest BCUT2D eigenvalue weighted by Gasteiger charge is -2.60. The lowest BCUT2D eigenvalue weighted by molar-refractivity contribution is -0.159. The maximum atomic E-state index is 12.6. The largest absolute Gasteiger partial charge is 0.453 e. The predicted octanol–water partition coefficient (Wildman–Crippen LogP) is 3.84. The molecule has 4 saturated carbocycles. The van der Waals surface area contributed by atoms with Gasteiger partial charge in [-0.25, -0.2) is 0 Å². The van der Waals surface area contributed by atoms with Gasteiger partial charge in [0.25, 0.3) is 11.8 Å². The molecule has 1 heterocycles. The highest BCUT2D eigenvalue weighted by atomic mass is 79.9. The third kappa shape index (κ3) is 3.85. The summed E-state index contributed by atoms with van der Waals surface area (Å²) in [5.41, 5.74) is 5.56. The highest BCUT2D eigenvalue weighted by molar-refractivity contribution is 9.10. The average Bonchev–Trinajstić information content (AvgIpc) is 2.99. The Hall–Kier alpha value is -1.41. The first kappa shape index (κ1) is 19.9. The van der Waals surface area contributed by atoms with Crippen molar-refractivity contribution < 1.29 is 19.1 Å². The zero-order valence-electron chi connectivity index (χ0n) is 15.8. The quantitative estimate of drug-likeness (QED) is 0.489. The predicted molar refractivity (Wildman–Crippen MR) is 110 cm³/mol. The van der Waals surface area contributed by atoms with E-state index in [9.17, 15) is 14.4 Å². The zero-order valence-corrected chi connectivity index (χ0v) is 18.2. The molecule has 0 aromatic carbocycles. The molecule has 4 fully saturated rings. The van der Waals surface area contributed by atoms with Crippen LogP contribution in [0.2, 0.25) is 0 Å². The van der Waals surface area contributed by atoms with E-state index in [1.165, 1.54) is 30.6 Å². The van der Waals surface area contributed by atoms with Crippen LogP contribution in [0.15, 0.2) is 11.4 Å². The van der Waals surface area contributed by atoms with E-state index < -0.39 is 17.9 Å². The van der Waals surface area contributed by atoms with E-state index in [1.54, 1.807) is 18.4 Å². The third-order valence-electron chi connectivity index (χ3n) is 6.48. The number of esters is 1. The molecule has 3 N–H and O–H groups in total. The molecule has 1 aromatic rings. The monoisotopic (exact) mass is 468 g/mol. The van der Waals surface area contributed by atoms with Crippen molar-refractivity contribution >= 4 is 50.1 Å². The molecule has 4 aliphatic rings. The Morgan fingerprint density at radius 1 is 1.32 bits per heavy atom. The highest BCUT2D eigenvalue weighted by Crippen LogP contribution is 2.65. The molecule has 2 amide bonds. The number of rotatable bonds is 6. The molecule has 8 heteroatoms. The Kier molecular flexibility index (Phi) is 5.06. The Morgan fingerprint density at radius 3 is 2.61 bits per heavy atom. The molecule has 4 bridgehead atoms. The van der Waals surface area contributed by atoms with Crippen LogP contribution in [0.1, 0.15) is 62.2 Å². The van der Waals surface area contributed by atoms with Crippen LogP contribution in [0.5, 0.6) is 0 Å². The molecule has 1 aromatic heterocycles. The molecule has 3 atom stereocenters. The summed E-state index contributed by atoms with van der Waals surface area (Å²) < 4.78 is 5.64. The van der Waals surface area contributed by atoms with Crippen molar-refractivity contribution in [1.29, 1.82) is 0 Å². The summed E-state index contributed by atoms with van der Waals surface area (Å²) >= 11 is 5.16. The van der Waals surface area contributed by atoms with Crippen LogP contribution in [0.3, 0.4) is 0 Å². The van der Waals surface area contributed by atoms with Crippen molar-refractivity contribution in [3.8, 4) is 0 Å². The van der Waals surface area contributed by atoms with Gasteiger partial charge in [0.15, 0.2) is 6.10 Å².